The molecule has 1 aliphatic carbocycles. The lowest BCUT2D eigenvalue weighted by molar-refractivity contribution is 0.0942. The van der Waals surface area contributed by atoms with Gasteiger partial charge in [-0.1, -0.05) is 6.07 Å². The molecule has 3 aromatic rings. The highest BCUT2D eigenvalue weighted by Gasteiger charge is 2.21. The molecule has 1 N–H and O–H groups in total. The van der Waals surface area contributed by atoms with Crippen molar-refractivity contribution in [1.29, 1.82) is 0 Å². The molecule has 0 radical (unpaired) electrons. The average molecular weight is 279 g/mol. The zero-order valence-corrected chi connectivity index (χ0v) is 12.0. The highest BCUT2D eigenvalue weighted by Crippen LogP contribution is 2.24. The molecule has 1 aliphatic rings. The lowest BCUT2D eigenvalue weighted by Crippen LogP contribution is -2.18. The van der Waals surface area contributed by atoms with Gasteiger partial charge in [0, 0.05) is 16.6 Å². The highest BCUT2D eigenvalue weighted by atomic mass is 16.2. The second-order valence-corrected chi connectivity index (χ2v) is 5.76. The molecule has 4 heteroatoms. The molecule has 1 aromatic carbocycles. The third-order valence-corrected chi connectivity index (χ3v) is 4.29. The smallest absolute Gasteiger partial charge is 0.279 e. The maximum absolute atomic E-state index is 12.9. The Morgan fingerprint density at radius 2 is 2.14 bits per heavy atom. The van der Waals surface area contributed by atoms with Crippen molar-refractivity contribution in [2.45, 2.75) is 32.6 Å². The molecule has 0 amide bonds. The Kier molecular flexibility index (Phi) is 2.70. The molecule has 4 rings (SSSR count). The van der Waals surface area contributed by atoms with Gasteiger partial charge in [0.25, 0.3) is 5.91 Å². The summed E-state index contributed by atoms with van der Waals surface area (Å²) in [5, 5.41) is 5.32. The van der Waals surface area contributed by atoms with E-state index in [1.807, 2.05) is 37.4 Å². The van der Waals surface area contributed by atoms with Crippen LogP contribution in [0.15, 0.2) is 30.5 Å². The Morgan fingerprint density at radius 1 is 1.29 bits per heavy atom. The minimum atomic E-state index is -0.0252. The van der Waals surface area contributed by atoms with Gasteiger partial charge in [-0.2, -0.15) is 5.10 Å². The van der Waals surface area contributed by atoms with E-state index in [2.05, 4.69) is 10.1 Å². The fraction of sp³-hybridized carbons (Fsp3) is 0.294. The number of H-pyrrole nitrogens is 1. The Bertz CT molecular complexity index is 841. The van der Waals surface area contributed by atoms with E-state index in [-0.39, 0.29) is 5.91 Å². The first-order valence-corrected chi connectivity index (χ1v) is 7.43. The number of aromatic nitrogens is 3. The Morgan fingerprint density at radius 3 is 3.05 bits per heavy atom. The predicted octanol–water partition coefficient (Wildman–Crippen LogP) is 3.24. The van der Waals surface area contributed by atoms with Crippen molar-refractivity contribution in [3.63, 3.8) is 0 Å². The van der Waals surface area contributed by atoms with Crippen molar-refractivity contribution >= 4 is 16.8 Å². The molecule has 0 saturated heterocycles. The number of carbonyl (C=O) groups is 1. The number of hydrogen-bond acceptors (Lipinski definition) is 2. The number of rotatable bonds is 1. The maximum Gasteiger partial charge on any atom is 0.279 e. The molecule has 2 aromatic heterocycles. The lowest BCUT2D eigenvalue weighted by atomic mass is 9.98. The van der Waals surface area contributed by atoms with Crippen LogP contribution in [0.25, 0.3) is 10.9 Å². The van der Waals surface area contributed by atoms with Crippen LogP contribution in [0.4, 0.5) is 0 Å². The molecule has 106 valence electrons. The minimum Gasteiger partial charge on any atom is -0.359 e. The van der Waals surface area contributed by atoms with E-state index in [9.17, 15) is 4.79 Å². The average Bonchev–Trinajstić information content (AvgIpc) is 3.08. The Hall–Kier alpha value is -2.36. The maximum atomic E-state index is 12.9. The third-order valence-electron chi connectivity index (χ3n) is 4.29. The van der Waals surface area contributed by atoms with E-state index >= 15 is 0 Å². The van der Waals surface area contributed by atoms with Crippen molar-refractivity contribution in [3.05, 3.63) is 53.0 Å². The van der Waals surface area contributed by atoms with Crippen molar-refractivity contribution in [2.75, 3.05) is 0 Å². The molecule has 0 atom stereocenters. The van der Waals surface area contributed by atoms with E-state index in [1.165, 1.54) is 12.0 Å². The van der Waals surface area contributed by atoms with Crippen LogP contribution >= 0.6 is 0 Å². The first-order chi connectivity index (χ1) is 10.2. The summed E-state index contributed by atoms with van der Waals surface area (Å²) in [6.07, 6.45) is 6.17. The molecule has 21 heavy (non-hydrogen) atoms. The van der Waals surface area contributed by atoms with Gasteiger partial charge in [0.15, 0.2) is 0 Å². The van der Waals surface area contributed by atoms with Crippen LogP contribution in [0.2, 0.25) is 0 Å². The van der Waals surface area contributed by atoms with Gasteiger partial charge in [0.1, 0.15) is 0 Å². The summed E-state index contributed by atoms with van der Waals surface area (Å²) in [7, 11) is 0. The number of benzene rings is 1. The number of nitrogens with one attached hydrogen (secondary N) is 1. The van der Waals surface area contributed by atoms with Crippen molar-refractivity contribution in [1.82, 2.24) is 14.8 Å². The SMILES string of the molecule is Cc1cc2c(C(=O)n3ncc4c3CCCC4)cccc2[nH]1. The van der Waals surface area contributed by atoms with Crippen LogP contribution in [0.3, 0.4) is 0 Å². The second kappa shape index (κ2) is 4.58. The number of carbonyl (C=O) groups excluding carboxylic acids is 1. The fourth-order valence-electron chi connectivity index (χ4n) is 3.26. The summed E-state index contributed by atoms with van der Waals surface area (Å²) in [5.74, 6) is -0.0252. The van der Waals surface area contributed by atoms with E-state index in [0.29, 0.717) is 5.56 Å². The molecule has 0 unspecified atom stereocenters. The number of hydrogen-bond donors (Lipinski definition) is 1. The van der Waals surface area contributed by atoms with E-state index in [1.54, 1.807) is 4.68 Å². The van der Waals surface area contributed by atoms with E-state index in [0.717, 1.165) is 41.6 Å². The van der Waals surface area contributed by atoms with Crippen LogP contribution < -0.4 is 0 Å². The Labute approximate surface area is 122 Å². The molecule has 0 saturated carbocycles. The van der Waals surface area contributed by atoms with Gasteiger partial charge < -0.3 is 4.98 Å². The van der Waals surface area contributed by atoms with Gasteiger partial charge in [-0.25, -0.2) is 4.68 Å². The standard InChI is InChI=1S/C17H17N3O/c1-11-9-14-13(6-4-7-15(14)19-11)17(21)20-16-8-3-2-5-12(16)10-18-20/h4,6-7,9-10,19H,2-3,5,8H2,1H3. The molecule has 0 spiro atoms. The van der Waals surface area contributed by atoms with Crippen LogP contribution in [0, 0.1) is 6.92 Å². The van der Waals surface area contributed by atoms with Gasteiger partial charge in [-0.3, -0.25) is 4.79 Å². The van der Waals surface area contributed by atoms with Crippen LogP contribution in [0.1, 0.15) is 40.2 Å². The van der Waals surface area contributed by atoms with Gasteiger partial charge in [-0.15, -0.1) is 0 Å². The van der Waals surface area contributed by atoms with E-state index in [4.69, 9.17) is 0 Å². The molecular weight excluding hydrogens is 262 g/mol. The number of nitrogens with zero attached hydrogens (tertiary/aromatic N) is 2. The van der Waals surface area contributed by atoms with Crippen molar-refractivity contribution in [2.24, 2.45) is 0 Å². The first kappa shape index (κ1) is 12.4. The largest absolute Gasteiger partial charge is 0.359 e. The van der Waals surface area contributed by atoms with Crippen LogP contribution in [0.5, 0.6) is 0 Å². The normalized spacial score (nSPS) is 14.3. The fourth-order valence-corrected chi connectivity index (χ4v) is 3.26. The predicted molar refractivity (Wildman–Crippen MR) is 81.6 cm³/mol. The molecule has 0 fully saturated rings. The molecule has 2 heterocycles. The van der Waals surface area contributed by atoms with E-state index < -0.39 is 0 Å². The summed E-state index contributed by atoms with van der Waals surface area (Å²) in [4.78, 5) is 16.2. The van der Waals surface area contributed by atoms with Gasteiger partial charge in [0.2, 0.25) is 0 Å². The zero-order valence-electron chi connectivity index (χ0n) is 12.0. The quantitative estimate of drug-likeness (QED) is 0.743. The topological polar surface area (TPSA) is 50.7 Å². The number of fused-ring (bicyclic) bond motifs is 2. The zero-order chi connectivity index (χ0) is 14.4. The summed E-state index contributed by atoms with van der Waals surface area (Å²) < 4.78 is 1.60. The number of aromatic amines is 1. The van der Waals surface area contributed by atoms with Gasteiger partial charge in [0.05, 0.1) is 17.5 Å². The number of aryl methyl sites for hydroxylation is 2. The summed E-state index contributed by atoms with van der Waals surface area (Å²) in [5.41, 5.74) is 5.10. The van der Waals surface area contributed by atoms with Gasteiger partial charge in [-0.05, 0) is 56.4 Å². The summed E-state index contributed by atoms with van der Waals surface area (Å²) >= 11 is 0. The van der Waals surface area contributed by atoms with Crippen molar-refractivity contribution < 1.29 is 4.79 Å². The molecule has 4 nitrogen and oxygen atoms in total. The minimum absolute atomic E-state index is 0.0252. The summed E-state index contributed by atoms with van der Waals surface area (Å²) in [6, 6.07) is 7.83. The highest BCUT2D eigenvalue weighted by molar-refractivity contribution is 6.07. The molecular formula is C17H17N3O. The molecule has 0 aliphatic heterocycles. The van der Waals surface area contributed by atoms with Crippen LogP contribution in [-0.2, 0) is 12.8 Å². The van der Waals surface area contributed by atoms with Gasteiger partial charge >= 0.3 is 0 Å². The molecule has 0 bridgehead atoms. The third kappa shape index (κ3) is 1.90. The summed E-state index contributed by atoms with van der Waals surface area (Å²) in [6.45, 7) is 2.00. The van der Waals surface area contributed by atoms with Crippen LogP contribution in [-0.4, -0.2) is 20.7 Å². The Balaban J connectivity index is 1.85. The second-order valence-electron chi connectivity index (χ2n) is 5.76. The van der Waals surface area contributed by atoms with Crippen molar-refractivity contribution in [3.8, 4) is 0 Å². The first-order valence-electron chi connectivity index (χ1n) is 7.43. The monoisotopic (exact) mass is 279 g/mol. The lowest BCUT2D eigenvalue weighted by Gasteiger charge is -2.13.